The lowest BCUT2D eigenvalue weighted by Crippen LogP contribution is -2.30. The molecule has 26 heavy (non-hydrogen) atoms. The molecule has 3 rings (SSSR count). The van der Waals surface area contributed by atoms with Gasteiger partial charge in [0.1, 0.15) is 5.75 Å². The molecular formula is C17H20N2O5S2. The summed E-state index contributed by atoms with van der Waals surface area (Å²) in [6.45, 7) is 0.374. The topological polar surface area (TPSA) is 107 Å². The Morgan fingerprint density at radius 1 is 1.04 bits per heavy atom. The van der Waals surface area contributed by atoms with Gasteiger partial charge >= 0.3 is 0 Å². The van der Waals surface area contributed by atoms with Gasteiger partial charge in [0.15, 0.2) is 0 Å². The molecule has 0 amide bonds. The summed E-state index contributed by atoms with van der Waals surface area (Å²) in [6.07, 6.45) is 1.42. The number of hydrogen-bond acceptors (Lipinski definition) is 5. The number of nitrogens with two attached hydrogens (primary N) is 1. The Labute approximate surface area is 153 Å². The molecule has 1 heterocycles. The highest BCUT2D eigenvalue weighted by Crippen LogP contribution is 2.37. The van der Waals surface area contributed by atoms with E-state index in [-0.39, 0.29) is 15.8 Å². The van der Waals surface area contributed by atoms with Gasteiger partial charge in [-0.3, -0.25) is 0 Å². The van der Waals surface area contributed by atoms with Gasteiger partial charge in [0.05, 0.1) is 22.9 Å². The molecule has 7 nitrogen and oxygen atoms in total. The average molecular weight is 396 g/mol. The van der Waals surface area contributed by atoms with Crippen molar-refractivity contribution in [2.75, 3.05) is 13.7 Å². The van der Waals surface area contributed by atoms with Gasteiger partial charge in [-0.2, -0.15) is 4.31 Å². The summed E-state index contributed by atoms with van der Waals surface area (Å²) in [4.78, 5) is -0.303. The van der Waals surface area contributed by atoms with Crippen LogP contribution in [-0.4, -0.2) is 34.8 Å². The smallest absolute Gasteiger partial charge is 0.243 e. The van der Waals surface area contributed by atoms with Crippen molar-refractivity contribution in [3.63, 3.8) is 0 Å². The molecule has 1 atom stereocenters. The summed E-state index contributed by atoms with van der Waals surface area (Å²) < 4.78 is 55.8. The van der Waals surface area contributed by atoms with E-state index in [1.807, 2.05) is 12.1 Å². The quantitative estimate of drug-likeness (QED) is 0.830. The van der Waals surface area contributed by atoms with E-state index in [0.717, 1.165) is 18.1 Å². The third kappa shape index (κ3) is 3.61. The first kappa shape index (κ1) is 18.8. The second-order valence-electron chi connectivity index (χ2n) is 6.07. The van der Waals surface area contributed by atoms with Gasteiger partial charge in [-0.05, 0) is 48.7 Å². The van der Waals surface area contributed by atoms with Crippen molar-refractivity contribution in [1.29, 1.82) is 0 Å². The highest BCUT2D eigenvalue weighted by molar-refractivity contribution is 7.90. The Balaban J connectivity index is 1.97. The van der Waals surface area contributed by atoms with Crippen molar-refractivity contribution >= 4 is 20.0 Å². The molecule has 1 aliphatic rings. The highest BCUT2D eigenvalue weighted by atomic mass is 32.2. The van der Waals surface area contributed by atoms with E-state index in [4.69, 9.17) is 9.88 Å². The molecule has 1 aliphatic heterocycles. The lowest BCUT2D eigenvalue weighted by Gasteiger charge is -2.24. The lowest BCUT2D eigenvalue weighted by molar-refractivity contribution is 0.394. The largest absolute Gasteiger partial charge is 0.497 e. The number of rotatable bonds is 5. The van der Waals surface area contributed by atoms with Crippen molar-refractivity contribution in [3.05, 3.63) is 54.1 Å². The zero-order chi connectivity index (χ0) is 18.9. The molecule has 0 spiro atoms. The molecule has 1 fully saturated rings. The summed E-state index contributed by atoms with van der Waals surface area (Å²) >= 11 is 0. The van der Waals surface area contributed by atoms with Crippen LogP contribution in [0.3, 0.4) is 0 Å². The average Bonchev–Trinajstić information content (AvgIpc) is 3.12. The highest BCUT2D eigenvalue weighted by Gasteiger charge is 2.36. The maximum atomic E-state index is 13.1. The van der Waals surface area contributed by atoms with Gasteiger partial charge < -0.3 is 4.74 Å². The van der Waals surface area contributed by atoms with Crippen LogP contribution in [-0.2, 0) is 20.0 Å². The van der Waals surface area contributed by atoms with Crippen LogP contribution in [0.1, 0.15) is 24.4 Å². The van der Waals surface area contributed by atoms with Gasteiger partial charge in [0.2, 0.25) is 20.0 Å². The van der Waals surface area contributed by atoms with Gasteiger partial charge in [0.25, 0.3) is 0 Å². The first-order valence-corrected chi connectivity index (χ1v) is 11.0. The van der Waals surface area contributed by atoms with Crippen molar-refractivity contribution < 1.29 is 21.6 Å². The molecule has 0 bridgehead atoms. The lowest BCUT2D eigenvalue weighted by atomic mass is 10.1. The molecule has 0 unspecified atom stereocenters. The van der Waals surface area contributed by atoms with Crippen LogP contribution in [0, 0.1) is 0 Å². The number of sulfonamides is 2. The minimum atomic E-state index is -3.98. The Hall–Kier alpha value is -1.94. The van der Waals surface area contributed by atoms with Crippen LogP contribution in [0.15, 0.2) is 58.3 Å². The van der Waals surface area contributed by atoms with Crippen LogP contribution >= 0.6 is 0 Å². The van der Waals surface area contributed by atoms with Crippen LogP contribution in [0.25, 0.3) is 0 Å². The monoisotopic (exact) mass is 396 g/mol. The van der Waals surface area contributed by atoms with Gasteiger partial charge in [-0.25, -0.2) is 22.0 Å². The van der Waals surface area contributed by atoms with Gasteiger partial charge in [-0.1, -0.05) is 18.2 Å². The fourth-order valence-corrected chi connectivity index (χ4v) is 5.50. The first-order valence-electron chi connectivity index (χ1n) is 8.02. The van der Waals surface area contributed by atoms with E-state index in [2.05, 4.69) is 0 Å². The summed E-state index contributed by atoms with van der Waals surface area (Å²) in [5.74, 6) is 0.696. The predicted octanol–water partition coefficient (Wildman–Crippen LogP) is 1.87. The van der Waals surface area contributed by atoms with Crippen molar-refractivity contribution in [3.8, 4) is 5.75 Å². The number of ether oxygens (including phenoxy) is 1. The molecule has 9 heteroatoms. The molecule has 140 valence electrons. The number of hydrogen-bond donors (Lipinski definition) is 1. The summed E-state index contributed by atoms with van der Waals surface area (Å²) in [7, 11) is -6.26. The molecule has 1 saturated heterocycles. The fraction of sp³-hybridized carbons (Fsp3) is 0.294. The minimum Gasteiger partial charge on any atom is -0.497 e. The molecule has 0 aliphatic carbocycles. The van der Waals surface area contributed by atoms with Crippen LogP contribution in [0.2, 0.25) is 0 Å². The number of nitrogens with zero attached hydrogens (tertiary/aromatic N) is 1. The van der Waals surface area contributed by atoms with E-state index < -0.39 is 20.0 Å². The SMILES string of the molecule is COc1ccc([C@H]2CCCN2S(=O)(=O)c2cccc(S(N)(=O)=O)c2)cc1. The van der Waals surface area contributed by atoms with Crippen LogP contribution in [0.5, 0.6) is 5.75 Å². The second kappa shape index (κ2) is 6.99. The third-order valence-electron chi connectivity index (χ3n) is 4.44. The minimum absolute atomic E-state index is 0.0792. The predicted molar refractivity (Wildman–Crippen MR) is 96.7 cm³/mol. The number of benzene rings is 2. The number of primary sulfonamides is 1. The van der Waals surface area contributed by atoms with E-state index in [0.29, 0.717) is 18.7 Å². The maximum absolute atomic E-state index is 13.1. The van der Waals surface area contributed by atoms with Crippen molar-refractivity contribution in [1.82, 2.24) is 4.31 Å². The fourth-order valence-electron chi connectivity index (χ4n) is 3.13. The summed E-state index contributed by atoms with van der Waals surface area (Å²) in [5.41, 5.74) is 0.870. The van der Waals surface area contributed by atoms with E-state index in [9.17, 15) is 16.8 Å². The Morgan fingerprint density at radius 3 is 2.31 bits per heavy atom. The second-order valence-corrected chi connectivity index (χ2v) is 9.52. The molecule has 0 aromatic heterocycles. The van der Waals surface area contributed by atoms with Gasteiger partial charge in [0, 0.05) is 6.54 Å². The molecule has 2 N–H and O–H groups in total. The zero-order valence-electron chi connectivity index (χ0n) is 14.2. The van der Waals surface area contributed by atoms with Crippen LogP contribution in [0.4, 0.5) is 0 Å². The molecule has 2 aromatic carbocycles. The zero-order valence-corrected chi connectivity index (χ0v) is 15.8. The summed E-state index contributed by atoms with van der Waals surface area (Å²) in [5, 5.41) is 5.12. The third-order valence-corrected chi connectivity index (χ3v) is 7.26. The standard InChI is InChI=1S/C17H20N2O5S2/c1-24-14-9-7-13(8-10-14)17-6-3-11-19(17)26(22,23)16-5-2-4-15(12-16)25(18,20)21/h2,4-5,7-10,12,17H,3,6,11H2,1H3,(H2,18,20,21)/t17-/m1/s1. The van der Waals surface area contributed by atoms with Crippen LogP contribution < -0.4 is 9.88 Å². The number of methoxy groups -OCH3 is 1. The van der Waals surface area contributed by atoms with Gasteiger partial charge in [-0.15, -0.1) is 0 Å². The van der Waals surface area contributed by atoms with Crippen molar-refractivity contribution in [2.24, 2.45) is 5.14 Å². The Kier molecular flexibility index (Phi) is 5.07. The Bertz CT molecular complexity index is 1000. The molecule has 2 aromatic rings. The maximum Gasteiger partial charge on any atom is 0.243 e. The summed E-state index contributed by atoms with van der Waals surface area (Å²) in [6, 6.07) is 12.1. The first-order chi connectivity index (χ1) is 12.2. The van der Waals surface area contributed by atoms with E-state index in [1.165, 1.54) is 22.5 Å². The van der Waals surface area contributed by atoms with E-state index in [1.54, 1.807) is 19.2 Å². The molecular weight excluding hydrogens is 376 g/mol. The normalized spacial score (nSPS) is 18.8. The molecule has 0 radical (unpaired) electrons. The van der Waals surface area contributed by atoms with Crippen molar-refractivity contribution in [2.45, 2.75) is 28.7 Å². The molecule has 0 saturated carbocycles. The Morgan fingerprint density at radius 2 is 1.69 bits per heavy atom. The van der Waals surface area contributed by atoms with E-state index >= 15 is 0 Å².